The fourth-order valence-electron chi connectivity index (χ4n) is 1.37. The van der Waals surface area contributed by atoms with E-state index in [0.29, 0.717) is 12.3 Å². The third-order valence-electron chi connectivity index (χ3n) is 2.23. The van der Waals surface area contributed by atoms with Crippen molar-refractivity contribution in [2.24, 2.45) is 0 Å². The minimum atomic E-state index is -0.492. The lowest BCUT2D eigenvalue weighted by atomic mass is 10.1. The lowest BCUT2D eigenvalue weighted by Crippen LogP contribution is -1.94. The number of rotatable bonds is 3. The van der Waals surface area contributed by atoms with E-state index in [2.05, 4.69) is 41.4 Å². The Morgan fingerprint density at radius 1 is 1.27 bits per heavy atom. The molecule has 15 heavy (non-hydrogen) atoms. The van der Waals surface area contributed by atoms with Gasteiger partial charge in [-0.15, -0.1) is 5.10 Å². The highest BCUT2D eigenvalue weighted by Crippen LogP contribution is 2.06. The van der Waals surface area contributed by atoms with Gasteiger partial charge in [0.2, 0.25) is 5.89 Å². The van der Waals surface area contributed by atoms with E-state index in [-0.39, 0.29) is 0 Å². The molecule has 0 saturated heterocycles. The SMILES string of the molecule is Cc1ccc(CCc2n[nH]c(=O)o2)cc1. The monoisotopic (exact) mass is 204 g/mol. The van der Waals surface area contributed by atoms with E-state index in [1.165, 1.54) is 11.1 Å². The van der Waals surface area contributed by atoms with E-state index in [0.717, 1.165) is 6.42 Å². The van der Waals surface area contributed by atoms with Gasteiger partial charge < -0.3 is 4.42 Å². The molecule has 4 nitrogen and oxygen atoms in total. The Labute approximate surface area is 86.9 Å². The van der Waals surface area contributed by atoms with Gasteiger partial charge in [0.15, 0.2) is 0 Å². The molecule has 0 atom stereocenters. The molecule has 0 aliphatic heterocycles. The zero-order chi connectivity index (χ0) is 10.7. The van der Waals surface area contributed by atoms with E-state index in [1.54, 1.807) is 0 Å². The van der Waals surface area contributed by atoms with E-state index < -0.39 is 5.76 Å². The van der Waals surface area contributed by atoms with Gasteiger partial charge in [0.25, 0.3) is 0 Å². The lowest BCUT2D eigenvalue weighted by Gasteiger charge is -1.98. The Morgan fingerprint density at radius 2 is 2.00 bits per heavy atom. The van der Waals surface area contributed by atoms with Crippen LogP contribution in [0.3, 0.4) is 0 Å². The van der Waals surface area contributed by atoms with Crippen LogP contribution < -0.4 is 5.76 Å². The van der Waals surface area contributed by atoms with E-state index in [4.69, 9.17) is 4.42 Å². The van der Waals surface area contributed by atoms with Crippen LogP contribution in [0.5, 0.6) is 0 Å². The number of benzene rings is 1. The molecule has 1 N–H and O–H groups in total. The maximum Gasteiger partial charge on any atom is 0.434 e. The summed E-state index contributed by atoms with van der Waals surface area (Å²) in [6.07, 6.45) is 1.47. The van der Waals surface area contributed by atoms with Crippen LogP contribution in [0.25, 0.3) is 0 Å². The number of hydrogen-bond acceptors (Lipinski definition) is 3. The standard InChI is InChI=1S/C11H12N2O2/c1-8-2-4-9(5-3-8)6-7-10-12-13-11(14)15-10/h2-5H,6-7H2,1H3,(H,13,14). The normalized spacial score (nSPS) is 10.5. The number of aromatic nitrogens is 2. The number of nitrogens with one attached hydrogen (secondary N) is 1. The van der Waals surface area contributed by atoms with Crippen LogP contribution in [0.2, 0.25) is 0 Å². The minimum absolute atomic E-state index is 0.459. The van der Waals surface area contributed by atoms with Crippen LogP contribution in [0.15, 0.2) is 33.5 Å². The van der Waals surface area contributed by atoms with Crippen LogP contribution in [0, 0.1) is 6.92 Å². The summed E-state index contributed by atoms with van der Waals surface area (Å²) in [5.41, 5.74) is 2.45. The van der Waals surface area contributed by atoms with Gasteiger partial charge in [0, 0.05) is 6.42 Å². The average Bonchev–Trinajstić information content (AvgIpc) is 2.64. The van der Waals surface area contributed by atoms with Crippen LogP contribution in [-0.2, 0) is 12.8 Å². The number of H-pyrrole nitrogens is 1. The predicted octanol–water partition coefficient (Wildman–Crippen LogP) is 1.46. The molecule has 1 aromatic heterocycles. The second-order valence-corrected chi connectivity index (χ2v) is 3.49. The van der Waals surface area contributed by atoms with Crippen molar-refractivity contribution in [3.8, 4) is 0 Å². The molecule has 0 radical (unpaired) electrons. The summed E-state index contributed by atoms with van der Waals surface area (Å²) in [6.45, 7) is 2.05. The minimum Gasteiger partial charge on any atom is -0.392 e. The second-order valence-electron chi connectivity index (χ2n) is 3.49. The molecule has 2 aromatic rings. The highest BCUT2D eigenvalue weighted by atomic mass is 16.4. The highest BCUT2D eigenvalue weighted by molar-refractivity contribution is 5.21. The van der Waals surface area contributed by atoms with Crippen LogP contribution >= 0.6 is 0 Å². The first-order valence-corrected chi connectivity index (χ1v) is 4.84. The maximum absolute atomic E-state index is 10.7. The van der Waals surface area contributed by atoms with Crippen molar-refractivity contribution in [1.29, 1.82) is 0 Å². The van der Waals surface area contributed by atoms with Crippen molar-refractivity contribution in [3.05, 3.63) is 51.8 Å². The number of aromatic amines is 1. The fourth-order valence-corrected chi connectivity index (χ4v) is 1.37. The number of nitrogens with zero attached hydrogens (tertiary/aromatic N) is 1. The number of aryl methyl sites for hydroxylation is 3. The maximum atomic E-state index is 10.7. The van der Waals surface area contributed by atoms with E-state index >= 15 is 0 Å². The first-order valence-electron chi connectivity index (χ1n) is 4.84. The molecule has 0 spiro atoms. The summed E-state index contributed by atoms with van der Waals surface area (Å²) in [6, 6.07) is 8.27. The molecule has 0 fully saturated rings. The van der Waals surface area contributed by atoms with Crippen LogP contribution in [0.4, 0.5) is 0 Å². The van der Waals surface area contributed by atoms with Gasteiger partial charge >= 0.3 is 5.76 Å². The molecule has 1 aromatic carbocycles. The zero-order valence-corrected chi connectivity index (χ0v) is 8.49. The molecular formula is C11H12N2O2. The average molecular weight is 204 g/mol. The Hall–Kier alpha value is -1.84. The zero-order valence-electron chi connectivity index (χ0n) is 8.49. The van der Waals surface area contributed by atoms with Gasteiger partial charge in [0.1, 0.15) is 0 Å². The molecule has 0 bridgehead atoms. The molecule has 4 heteroatoms. The van der Waals surface area contributed by atoms with Gasteiger partial charge in [-0.2, -0.15) is 0 Å². The summed E-state index contributed by atoms with van der Waals surface area (Å²) in [4.78, 5) is 10.7. The van der Waals surface area contributed by atoms with Crippen molar-refractivity contribution < 1.29 is 4.42 Å². The molecule has 78 valence electrons. The Bertz CT molecular complexity index is 482. The first-order chi connectivity index (χ1) is 7.24. The van der Waals surface area contributed by atoms with Crippen molar-refractivity contribution in [1.82, 2.24) is 10.2 Å². The summed E-state index contributed by atoms with van der Waals surface area (Å²) in [7, 11) is 0. The molecule has 0 saturated carbocycles. The Balaban J connectivity index is 1.99. The number of hydrogen-bond donors (Lipinski definition) is 1. The van der Waals surface area contributed by atoms with Crippen molar-refractivity contribution in [2.75, 3.05) is 0 Å². The van der Waals surface area contributed by atoms with Gasteiger partial charge in [-0.3, -0.25) is 0 Å². The molecule has 0 amide bonds. The van der Waals surface area contributed by atoms with Gasteiger partial charge in [-0.25, -0.2) is 9.89 Å². The smallest absolute Gasteiger partial charge is 0.392 e. The van der Waals surface area contributed by atoms with E-state index in [9.17, 15) is 4.79 Å². The Morgan fingerprint density at radius 3 is 2.60 bits per heavy atom. The summed E-state index contributed by atoms with van der Waals surface area (Å²) < 4.78 is 4.81. The fraction of sp³-hybridized carbons (Fsp3) is 0.273. The van der Waals surface area contributed by atoms with Crippen molar-refractivity contribution in [3.63, 3.8) is 0 Å². The van der Waals surface area contributed by atoms with Crippen molar-refractivity contribution in [2.45, 2.75) is 19.8 Å². The predicted molar refractivity (Wildman–Crippen MR) is 55.7 cm³/mol. The largest absolute Gasteiger partial charge is 0.434 e. The van der Waals surface area contributed by atoms with Gasteiger partial charge in [-0.05, 0) is 18.9 Å². The van der Waals surface area contributed by atoms with Crippen LogP contribution in [0.1, 0.15) is 17.0 Å². The molecule has 2 rings (SSSR count). The molecule has 1 heterocycles. The Kier molecular flexibility index (Phi) is 2.67. The third-order valence-corrected chi connectivity index (χ3v) is 2.23. The van der Waals surface area contributed by atoms with Crippen LogP contribution in [-0.4, -0.2) is 10.2 Å². The van der Waals surface area contributed by atoms with Gasteiger partial charge in [-0.1, -0.05) is 29.8 Å². The summed E-state index contributed by atoms with van der Waals surface area (Å²) >= 11 is 0. The molecular weight excluding hydrogens is 192 g/mol. The molecule has 0 unspecified atom stereocenters. The highest BCUT2D eigenvalue weighted by Gasteiger charge is 2.01. The van der Waals surface area contributed by atoms with Crippen molar-refractivity contribution >= 4 is 0 Å². The van der Waals surface area contributed by atoms with Gasteiger partial charge in [0.05, 0.1) is 0 Å². The molecule has 0 aliphatic carbocycles. The first kappa shape index (κ1) is 9.71. The quantitative estimate of drug-likeness (QED) is 0.823. The van der Waals surface area contributed by atoms with E-state index in [1.807, 2.05) is 0 Å². The topological polar surface area (TPSA) is 58.9 Å². The lowest BCUT2D eigenvalue weighted by molar-refractivity contribution is 0.461. The summed E-state index contributed by atoms with van der Waals surface area (Å²) in [5.74, 6) is -0.0329. The third kappa shape index (κ3) is 2.56. The summed E-state index contributed by atoms with van der Waals surface area (Å²) in [5, 5.41) is 5.99. The second kappa shape index (κ2) is 4.13. The molecule has 0 aliphatic rings.